The summed E-state index contributed by atoms with van der Waals surface area (Å²) in [5.74, 6) is -0.587. The van der Waals surface area contributed by atoms with Gasteiger partial charge in [0.2, 0.25) is 5.91 Å². The van der Waals surface area contributed by atoms with Gasteiger partial charge in [-0.25, -0.2) is 4.79 Å². The zero-order valence-corrected chi connectivity index (χ0v) is 26.7. The fourth-order valence-corrected chi connectivity index (χ4v) is 5.98. The van der Waals surface area contributed by atoms with Crippen molar-refractivity contribution >= 4 is 40.6 Å². The molecular weight excluding hydrogens is 574 g/mol. The van der Waals surface area contributed by atoms with Crippen molar-refractivity contribution in [1.82, 2.24) is 14.9 Å². The van der Waals surface area contributed by atoms with Crippen LogP contribution in [0.5, 0.6) is 5.75 Å². The van der Waals surface area contributed by atoms with Crippen LogP contribution in [0.25, 0.3) is 5.69 Å². The maximum atomic E-state index is 12.8. The molecule has 1 aliphatic heterocycles. The van der Waals surface area contributed by atoms with Gasteiger partial charge >= 0.3 is 5.97 Å². The summed E-state index contributed by atoms with van der Waals surface area (Å²) in [5.41, 5.74) is 6.52. The number of carboxylic acids is 1. The van der Waals surface area contributed by atoms with Crippen LogP contribution in [0.3, 0.4) is 0 Å². The average Bonchev–Trinajstić information content (AvgIpc) is 3.48. The van der Waals surface area contributed by atoms with E-state index in [1.54, 1.807) is 25.4 Å². The summed E-state index contributed by atoms with van der Waals surface area (Å²) in [6.45, 7) is 11.6. The van der Waals surface area contributed by atoms with Gasteiger partial charge in [-0.15, -0.1) is 0 Å². The first-order valence-electron chi connectivity index (χ1n) is 14.3. The third-order valence-corrected chi connectivity index (χ3v) is 8.29. The molecule has 3 heterocycles. The van der Waals surface area contributed by atoms with Crippen molar-refractivity contribution < 1.29 is 19.4 Å². The number of rotatable bonds is 7. The van der Waals surface area contributed by atoms with Crippen molar-refractivity contribution in [3.63, 3.8) is 0 Å². The Morgan fingerprint density at radius 1 is 1.05 bits per heavy atom. The summed E-state index contributed by atoms with van der Waals surface area (Å²) in [5, 5.41) is 16.7. The van der Waals surface area contributed by atoms with E-state index in [-0.39, 0.29) is 23.6 Å². The molecular formula is C34H37N5O4S. The van der Waals surface area contributed by atoms with E-state index in [9.17, 15) is 14.7 Å². The lowest BCUT2D eigenvalue weighted by atomic mass is 9.95. The average molecular weight is 612 g/mol. The number of aryl methyl sites for hydroxylation is 2. The molecule has 10 heteroatoms. The van der Waals surface area contributed by atoms with Gasteiger partial charge in [0.25, 0.3) is 0 Å². The minimum absolute atomic E-state index is 0.121. The fraction of sp³-hybridized carbons (Fsp3) is 0.294. The van der Waals surface area contributed by atoms with Gasteiger partial charge in [-0.3, -0.25) is 9.78 Å². The molecule has 2 aromatic heterocycles. The molecule has 1 fully saturated rings. The van der Waals surface area contributed by atoms with Crippen molar-refractivity contribution in [2.75, 3.05) is 17.3 Å². The van der Waals surface area contributed by atoms with E-state index in [2.05, 4.69) is 31.2 Å². The van der Waals surface area contributed by atoms with E-state index < -0.39 is 11.4 Å². The Hall–Kier alpha value is -4.70. The number of ether oxygens (including phenoxy) is 1. The first-order chi connectivity index (χ1) is 20.8. The molecule has 0 radical (unpaired) electrons. The first-order valence-corrected chi connectivity index (χ1v) is 14.8. The van der Waals surface area contributed by atoms with E-state index >= 15 is 0 Å². The quantitative estimate of drug-likeness (QED) is 0.199. The number of benzene rings is 2. The Balaban J connectivity index is 1.65. The molecule has 5 rings (SSSR count). The molecule has 0 bridgehead atoms. The number of thiocarbonyl (C=S) groups is 1. The Morgan fingerprint density at radius 3 is 2.43 bits per heavy atom. The molecule has 1 aliphatic rings. The molecule has 0 unspecified atom stereocenters. The van der Waals surface area contributed by atoms with Crippen LogP contribution in [0.1, 0.15) is 71.4 Å². The highest BCUT2D eigenvalue weighted by molar-refractivity contribution is 7.80. The second-order valence-electron chi connectivity index (χ2n) is 12.1. The highest BCUT2D eigenvalue weighted by Gasteiger charge is 2.42. The van der Waals surface area contributed by atoms with Gasteiger partial charge in [0.1, 0.15) is 5.75 Å². The number of carbonyl (C=O) groups excluding carboxylic acids is 1. The van der Waals surface area contributed by atoms with E-state index in [1.807, 2.05) is 84.0 Å². The standard InChI is InChI=1S/C34H37N5O4S/c1-19-11-12-22(31(40)41)17-27(19)38-20(2)16-24(21(38)3)30-29(26-10-8-9-15-35-26)37-33(44)39(30)23-13-14-25(28(18-23)43-7)36-32(42)34(4,5)6/h8-18,29-30H,1-7H3,(H,36,42)(H,37,44)(H,40,41)/t29-,30-/m0/s1. The highest BCUT2D eigenvalue weighted by atomic mass is 32.1. The minimum Gasteiger partial charge on any atom is -0.494 e. The van der Waals surface area contributed by atoms with Gasteiger partial charge in [0.15, 0.2) is 5.11 Å². The van der Waals surface area contributed by atoms with Gasteiger partial charge < -0.3 is 29.9 Å². The van der Waals surface area contributed by atoms with Crippen molar-refractivity contribution in [2.45, 2.75) is 53.6 Å². The Kier molecular flexibility index (Phi) is 8.22. The lowest BCUT2D eigenvalue weighted by Gasteiger charge is -2.29. The number of anilines is 2. The zero-order valence-electron chi connectivity index (χ0n) is 25.9. The second kappa shape index (κ2) is 11.8. The van der Waals surface area contributed by atoms with Gasteiger partial charge in [-0.2, -0.15) is 0 Å². The second-order valence-corrected chi connectivity index (χ2v) is 12.4. The van der Waals surface area contributed by atoms with Crippen molar-refractivity contribution in [2.24, 2.45) is 5.41 Å². The van der Waals surface area contributed by atoms with Crippen LogP contribution in [0, 0.1) is 26.2 Å². The zero-order chi connectivity index (χ0) is 31.9. The summed E-state index contributed by atoms with van der Waals surface area (Å²) in [7, 11) is 1.57. The third kappa shape index (κ3) is 5.65. The van der Waals surface area contributed by atoms with Crippen LogP contribution in [0.2, 0.25) is 0 Å². The number of carboxylic acid groups (broad SMARTS) is 1. The SMILES string of the molecule is COc1cc(N2C(=S)N[C@@H](c3ccccn3)[C@@H]2c2cc(C)n(-c3cc(C(=O)O)ccc3C)c2C)ccc1NC(=O)C(C)(C)C. The number of aromatic nitrogens is 2. The molecule has 0 saturated carbocycles. The lowest BCUT2D eigenvalue weighted by Crippen LogP contribution is -2.30. The number of nitrogens with zero attached hydrogens (tertiary/aromatic N) is 3. The molecule has 3 N–H and O–H groups in total. The number of pyridine rings is 1. The smallest absolute Gasteiger partial charge is 0.335 e. The highest BCUT2D eigenvalue weighted by Crippen LogP contribution is 2.45. The van der Waals surface area contributed by atoms with Crippen LogP contribution in [-0.2, 0) is 4.79 Å². The predicted octanol–water partition coefficient (Wildman–Crippen LogP) is 6.67. The number of amides is 1. The van der Waals surface area contributed by atoms with E-state index in [1.165, 1.54) is 0 Å². The van der Waals surface area contributed by atoms with Crippen molar-refractivity contribution in [3.05, 3.63) is 101 Å². The minimum atomic E-state index is -0.975. The molecule has 44 heavy (non-hydrogen) atoms. The summed E-state index contributed by atoms with van der Waals surface area (Å²) in [6, 6.07) is 18.1. The Morgan fingerprint density at radius 2 is 1.80 bits per heavy atom. The normalized spacial score (nSPS) is 16.5. The third-order valence-electron chi connectivity index (χ3n) is 7.98. The molecule has 0 aliphatic carbocycles. The molecule has 9 nitrogen and oxygen atoms in total. The number of hydrogen-bond donors (Lipinski definition) is 3. The lowest BCUT2D eigenvalue weighted by molar-refractivity contribution is -0.123. The summed E-state index contributed by atoms with van der Waals surface area (Å²) < 4.78 is 7.82. The molecule has 4 aromatic rings. The summed E-state index contributed by atoms with van der Waals surface area (Å²) in [4.78, 5) is 31.3. The maximum Gasteiger partial charge on any atom is 0.335 e. The van der Waals surface area contributed by atoms with Crippen LogP contribution in [-0.4, -0.2) is 38.8 Å². The number of carbonyl (C=O) groups is 2. The van der Waals surface area contributed by atoms with Gasteiger partial charge in [-0.1, -0.05) is 32.9 Å². The largest absolute Gasteiger partial charge is 0.494 e. The molecule has 1 saturated heterocycles. The van der Waals surface area contributed by atoms with Crippen LogP contribution in [0.15, 0.2) is 66.9 Å². The maximum absolute atomic E-state index is 12.8. The van der Waals surface area contributed by atoms with Crippen molar-refractivity contribution in [3.8, 4) is 11.4 Å². The number of aromatic carboxylic acids is 1. The topological polar surface area (TPSA) is 109 Å². The van der Waals surface area contributed by atoms with E-state index in [0.29, 0.717) is 16.5 Å². The summed E-state index contributed by atoms with van der Waals surface area (Å²) >= 11 is 5.96. The van der Waals surface area contributed by atoms with Crippen LogP contribution < -0.4 is 20.3 Å². The van der Waals surface area contributed by atoms with Gasteiger partial charge in [-0.05, 0) is 86.6 Å². The fourth-order valence-electron chi connectivity index (χ4n) is 5.63. The molecule has 0 spiro atoms. The summed E-state index contributed by atoms with van der Waals surface area (Å²) in [6.07, 6.45) is 1.76. The van der Waals surface area contributed by atoms with Crippen LogP contribution in [0.4, 0.5) is 11.4 Å². The Bertz CT molecular complexity index is 1760. The van der Waals surface area contributed by atoms with Crippen LogP contribution >= 0.6 is 12.2 Å². The first kappa shape index (κ1) is 30.7. The van der Waals surface area contributed by atoms with E-state index in [4.69, 9.17) is 17.0 Å². The monoisotopic (exact) mass is 611 g/mol. The number of nitrogens with one attached hydrogen (secondary N) is 2. The van der Waals surface area contributed by atoms with Crippen molar-refractivity contribution in [1.29, 1.82) is 0 Å². The Labute approximate surface area is 262 Å². The predicted molar refractivity (Wildman–Crippen MR) is 176 cm³/mol. The van der Waals surface area contributed by atoms with E-state index in [0.717, 1.165) is 39.6 Å². The molecule has 2 atom stereocenters. The molecule has 2 aromatic carbocycles. The molecule has 228 valence electrons. The van der Waals surface area contributed by atoms with Gasteiger partial charge in [0, 0.05) is 40.4 Å². The number of hydrogen-bond acceptors (Lipinski definition) is 5. The molecule has 1 amide bonds. The van der Waals surface area contributed by atoms with Gasteiger partial charge in [0.05, 0.1) is 36.1 Å². The number of methoxy groups -OCH3 is 1.